The van der Waals surface area contributed by atoms with Crippen LogP contribution in [0, 0.1) is 11.8 Å². The molecule has 1 N–H and O–H groups in total. The number of nitrogens with zero attached hydrogens (tertiary/aromatic N) is 1. The Kier molecular flexibility index (Phi) is 7.00. The zero-order valence-electron chi connectivity index (χ0n) is 13.0. The summed E-state index contributed by atoms with van der Waals surface area (Å²) in [6, 6.07) is 6.19. The van der Waals surface area contributed by atoms with Crippen molar-refractivity contribution in [2.75, 3.05) is 26.2 Å². The molecule has 1 aromatic rings. The van der Waals surface area contributed by atoms with Crippen molar-refractivity contribution >= 4 is 27.5 Å². The van der Waals surface area contributed by atoms with Crippen molar-refractivity contribution in [3.8, 4) is 0 Å². The van der Waals surface area contributed by atoms with Gasteiger partial charge in [-0.3, -0.25) is 4.90 Å². The Labute approximate surface area is 142 Å². The van der Waals surface area contributed by atoms with Crippen LogP contribution in [0.25, 0.3) is 0 Å². The Hall–Kier alpha value is -0.0900. The van der Waals surface area contributed by atoms with E-state index < -0.39 is 0 Å². The minimum Gasteiger partial charge on any atom is -0.316 e. The van der Waals surface area contributed by atoms with Crippen LogP contribution in [0.2, 0.25) is 5.02 Å². The maximum absolute atomic E-state index is 6.31. The molecule has 0 unspecified atom stereocenters. The lowest BCUT2D eigenvalue weighted by Gasteiger charge is -2.32. The van der Waals surface area contributed by atoms with E-state index in [0.29, 0.717) is 0 Å². The van der Waals surface area contributed by atoms with Gasteiger partial charge < -0.3 is 5.32 Å². The van der Waals surface area contributed by atoms with E-state index in [0.717, 1.165) is 34.4 Å². The minimum absolute atomic E-state index is 0.740. The van der Waals surface area contributed by atoms with Crippen LogP contribution >= 0.6 is 27.5 Å². The molecule has 1 fully saturated rings. The van der Waals surface area contributed by atoms with Crippen molar-refractivity contribution < 1.29 is 0 Å². The molecule has 2 nitrogen and oxygen atoms in total. The van der Waals surface area contributed by atoms with E-state index >= 15 is 0 Å². The van der Waals surface area contributed by atoms with E-state index in [4.69, 9.17) is 11.6 Å². The number of likely N-dealkylation sites (tertiary alicyclic amines) is 1. The summed E-state index contributed by atoms with van der Waals surface area (Å²) < 4.78 is 1.05. The summed E-state index contributed by atoms with van der Waals surface area (Å²) in [4.78, 5) is 2.52. The highest BCUT2D eigenvalue weighted by Crippen LogP contribution is 2.24. The monoisotopic (exact) mass is 372 g/mol. The summed E-state index contributed by atoms with van der Waals surface area (Å²) in [5.74, 6) is 1.57. The third-order valence-electron chi connectivity index (χ3n) is 4.10. The Bertz CT molecular complexity index is 442. The molecule has 1 aromatic carbocycles. The van der Waals surface area contributed by atoms with Crippen LogP contribution in [0.3, 0.4) is 0 Å². The lowest BCUT2D eigenvalue weighted by molar-refractivity contribution is 0.175. The number of benzene rings is 1. The summed E-state index contributed by atoms with van der Waals surface area (Å²) in [5.41, 5.74) is 1.23. The van der Waals surface area contributed by atoms with Crippen molar-refractivity contribution in [3.63, 3.8) is 0 Å². The molecule has 1 aliphatic rings. The average Bonchev–Trinajstić information content (AvgIpc) is 2.43. The smallest absolute Gasteiger partial charge is 0.0462 e. The molecule has 1 aliphatic heterocycles. The molecule has 1 saturated heterocycles. The van der Waals surface area contributed by atoms with Gasteiger partial charge in [0.1, 0.15) is 0 Å². The predicted molar refractivity (Wildman–Crippen MR) is 94.9 cm³/mol. The molecular weight excluding hydrogens is 348 g/mol. The fourth-order valence-corrected chi connectivity index (χ4v) is 3.55. The first-order valence-corrected chi connectivity index (χ1v) is 9.08. The predicted octanol–water partition coefficient (Wildman–Crippen LogP) is 4.56. The molecule has 2 rings (SSSR count). The normalized spacial score (nSPS) is 17.6. The van der Waals surface area contributed by atoms with Gasteiger partial charge in [-0.2, -0.15) is 0 Å². The maximum atomic E-state index is 6.31. The molecule has 0 bridgehead atoms. The number of nitrogens with one attached hydrogen (secondary N) is 1. The molecule has 4 heteroatoms. The lowest BCUT2D eigenvalue weighted by atomic mass is 9.96. The first-order chi connectivity index (χ1) is 10.0. The van der Waals surface area contributed by atoms with E-state index in [1.165, 1.54) is 38.0 Å². The highest BCUT2D eigenvalue weighted by atomic mass is 79.9. The molecule has 118 valence electrons. The second kappa shape index (κ2) is 8.52. The fraction of sp³-hybridized carbons (Fsp3) is 0.647. The molecule has 0 atom stereocenters. The Morgan fingerprint density at radius 1 is 1.33 bits per heavy atom. The number of hydrogen-bond donors (Lipinski definition) is 1. The third-order valence-corrected chi connectivity index (χ3v) is 4.95. The average molecular weight is 374 g/mol. The van der Waals surface area contributed by atoms with Crippen molar-refractivity contribution in [1.82, 2.24) is 10.2 Å². The molecule has 21 heavy (non-hydrogen) atoms. The summed E-state index contributed by atoms with van der Waals surface area (Å²) in [6.45, 7) is 10.2. The number of halogens is 2. The van der Waals surface area contributed by atoms with Gasteiger partial charge in [0.25, 0.3) is 0 Å². The Balaban J connectivity index is 1.74. The van der Waals surface area contributed by atoms with Crippen molar-refractivity contribution in [3.05, 3.63) is 33.3 Å². The van der Waals surface area contributed by atoms with E-state index in [9.17, 15) is 0 Å². The third kappa shape index (κ3) is 5.90. The summed E-state index contributed by atoms with van der Waals surface area (Å²) >= 11 is 9.77. The number of rotatable bonds is 6. The molecule has 0 radical (unpaired) electrons. The largest absolute Gasteiger partial charge is 0.316 e. The van der Waals surface area contributed by atoms with Crippen LogP contribution in [0.1, 0.15) is 32.3 Å². The maximum Gasteiger partial charge on any atom is 0.0462 e. The first kappa shape index (κ1) is 17.3. The minimum atomic E-state index is 0.740. The SMILES string of the molecule is CC(C)CNCC1CCN(Cc2ccc(Br)cc2Cl)CC1. The summed E-state index contributed by atoms with van der Waals surface area (Å²) in [6.07, 6.45) is 2.58. The van der Waals surface area contributed by atoms with Gasteiger partial charge in [-0.25, -0.2) is 0 Å². The quantitative estimate of drug-likeness (QED) is 0.786. The van der Waals surface area contributed by atoms with E-state index in [2.05, 4.69) is 52.1 Å². The van der Waals surface area contributed by atoms with Gasteiger partial charge in [0.15, 0.2) is 0 Å². The Morgan fingerprint density at radius 2 is 2.05 bits per heavy atom. The van der Waals surface area contributed by atoms with Crippen molar-refractivity contribution in [1.29, 1.82) is 0 Å². The fourth-order valence-electron chi connectivity index (χ4n) is 2.82. The highest BCUT2D eigenvalue weighted by Gasteiger charge is 2.19. The van der Waals surface area contributed by atoms with Crippen LogP contribution in [-0.2, 0) is 6.54 Å². The van der Waals surface area contributed by atoms with Crippen molar-refractivity contribution in [2.45, 2.75) is 33.2 Å². The van der Waals surface area contributed by atoms with Gasteiger partial charge in [0.05, 0.1) is 0 Å². The molecular formula is C17H26BrClN2. The molecule has 0 spiro atoms. The van der Waals surface area contributed by atoms with Gasteiger partial charge in [-0.15, -0.1) is 0 Å². The van der Waals surface area contributed by atoms with E-state index in [-0.39, 0.29) is 0 Å². The molecule has 0 aliphatic carbocycles. The van der Waals surface area contributed by atoms with Gasteiger partial charge in [-0.05, 0) is 68.6 Å². The highest BCUT2D eigenvalue weighted by molar-refractivity contribution is 9.10. The molecule has 0 aromatic heterocycles. The summed E-state index contributed by atoms with van der Waals surface area (Å²) in [5, 5.41) is 4.46. The topological polar surface area (TPSA) is 15.3 Å². The van der Waals surface area contributed by atoms with Crippen molar-refractivity contribution in [2.24, 2.45) is 11.8 Å². The zero-order valence-corrected chi connectivity index (χ0v) is 15.4. The van der Waals surface area contributed by atoms with Gasteiger partial charge in [0.2, 0.25) is 0 Å². The second-order valence-electron chi connectivity index (χ2n) is 6.51. The molecule has 0 amide bonds. The first-order valence-electron chi connectivity index (χ1n) is 7.91. The van der Waals surface area contributed by atoms with Gasteiger partial charge in [0, 0.05) is 16.0 Å². The van der Waals surface area contributed by atoms with Crippen LogP contribution < -0.4 is 5.32 Å². The zero-order chi connectivity index (χ0) is 15.2. The number of piperidine rings is 1. The van der Waals surface area contributed by atoms with Gasteiger partial charge >= 0.3 is 0 Å². The number of hydrogen-bond acceptors (Lipinski definition) is 2. The van der Waals surface area contributed by atoms with Crippen LogP contribution in [0.5, 0.6) is 0 Å². The molecule has 0 saturated carbocycles. The van der Waals surface area contributed by atoms with Crippen LogP contribution in [-0.4, -0.2) is 31.1 Å². The van der Waals surface area contributed by atoms with E-state index in [1.54, 1.807) is 0 Å². The standard InChI is InChI=1S/C17H26BrClN2/c1-13(2)10-20-11-14-5-7-21(8-6-14)12-15-3-4-16(18)9-17(15)19/h3-4,9,13-14,20H,5-8,10-12H2,1-2H3. The summed E-state index contributed by atoms with van der Waals surface area (Å²) in [7, 11) is 0. The van der Waals surface area contributed by atoms with E-state index in [1.807, 2.05) is 6.07 Å². The van der Waals surface area contributed by atoms with Crippen LogP contribution in [0.4, 0.5) is 0 Å². The van der Waals surface area contributed by atoms with Gasteiger partial charge in [-0.1, -0.05) is 47.4 Å². The second-order valence-corrected chi connectivity index (χ2v) is 7.83. The van der Waals surface area contributed by atoms with Crippen LogP contribution in [0.15, 0.2) is 22.7 Å². The Morgan fingerprint density at radius 3 is 2.67 bits per heavy atom. The molecule has 1 heterocycles. The lowest BCUT2D eigenvalue weighted by Crippen LogP contribution is -2.37.